The molecule has 1 aromatic carbocycles. The van der Waals surface area contributed by atoms with Crippen LogP contribution in [0.4, 0.5) is 5.82 Å². The van der Waals surface area contributed by atoms with E-state index in [1.807, 2.05) is 18.2 Å². The summed E-state index contributed by atoms with van der Waals surface area (Å²) in [6.07, 6.45) is 4.24. The first kappa shape index (κ1) is 15.2. The second-order valence-electron chi connectivity index (χ2n) is 6.46. The number of quaternary nitrogens is 1. The molecule has 3 N–H and O–H groups in total. The highest BCUT2D eigenvalue weighted by molar-refractivity contribution is 6.08. The number of aromatic amines is 1. The predicted octanol–water partition coefficient (Wildman–Crippen LogP) is 1.60. The number of hydrogen-bond donors (Lipinski definition) is 3. The van der Waals surface area contributed by atoms with Crippen molar-refractivity contribution in [3.63, 3.8) is 0 Å². The third-order valence-electron chi connectivity index (χ3n) is 5.19. The average molecular weight is 326 g/mol. The van der Waals surface area contributed by atoms with Crippen molar-refractivity contribution in [3.05, 3.63) is 24.5 Å². The zero-order valence-corrected chi connectivity index (χ0v) is 14.2. The lowest BCUT2D eigenvalue weighted by atomic mass is 10.2. The fourth-order valence-corrected chi connectivity index (χ4v) is 3.85. The topological polar surface area (TPSA) is 67.3 Å². The van der Waals surface area contributed by atoms with E-state index in [-0.39, 0.29) is 0 Å². The third kappa shape index (κ3) is 2.57. The molecular weight excluding hydrogens is 302 g/mol. The first-order chi connectivity index (χ1) is 11.8. The van der Waals surface area contributed by atoms with Gasteiger partial charge in [-0.15, -0.1) is 0 Å². The Balaban J connectivity index is 1.66. The molecule has 0 saturated carbocycles. The number of ether oxygens (including phenoxy) is 1. The normalized spacial score (nSPS) is 20.8. The van der Waals surface area contributed by atoms with E-state index in [4.69, 9.17) is 4.74 Å². The molecule has 1 saturated heterocycles. The van der Waals surface area contributed by atoms with Crippen molar-refractivity contribution < 1.29 is 9.64 Å². The van der Waals surface area contributed by atoms with E-state index in [9.17, 15) is 0 Å². The van der Waals surface area contributed by atoms with Crippen LogP contribution in [0, 0.1) is 0 Å². The molecule has 2 atom stereocenters. The van der Waals surface area contributed by atoms with Gasteiger partial charge in [0.05, 0.1) is 26.7 Å². The van der Waals surface area contributed by atoms with E-state index >= 15 is 0 Å². The number of fused-ring (bicyclic) bond motifs is 3. The van der Waals surface area contributed by atoms with Crippen molar-refractivity contribution in [2.75, 3.05) is 32.1 Å². The van der Waals surface area contributed by atoms with Crippen LogP contribution >= 0.6 is 0 Å². The molecule has 1 aliphatic rings. The second-order valence-corrected chi connectivity index (χ2v) is 6.46. The first-order valence-corrected chi connectivity index (χ1v) is 8.69. The van der Waals surface area contributed by atoms with Crippen molar-refractivity contribution in [3.8, 4) is 5.75 Å². The Morgan fingerprint density at radius 3 is 3.12 bits per heavy atom. The average Bonchev–Trinajstić information content (AvgIpc) is 3.23. The highest BCUT2D eigenvalue weighted by atomic mass is 16.5. The first-order valence-electron chi connectivity index (χ1n) is 8.69. The van der Waals surface area contributed by atoms with Gasteiger partial charge in [-0.3, -0.25) is 0 Å². The number of methoxy groups -OCH3 is 1. The molecule has 6 nitrogen and oxygen atoms in total. The zero-order valence-electron chi connectivity index (χ0n) is 14.2. The number of nitrogens with zero attached hydrogens (tertiary/aromatic N) is 2. The predicted molar refractivity (Wildman–Crippen MR) is 95.8 cm³/mol. The van der Waals surface area contributed by atoms with Gasteiger partial charge in [0.25, 0.3) is 0 Å². The molecular formula is C18H24N5O+. The maximum Gasteiger partial charge on any atom is 0.154 e. The molecule has 1 aliphatic heterocycles. The number of likely N-dealkylation sites (N-methyl/N-ethyl adjacent to an activating group) is 1. The number of aromatic nitrogens is 3. The highest BCUT2D eigenvalue weighted by Crippen LogP contribution is 2.29. The minimum Gasteiger partial charge on any atom is -0.497 e. The Hall–Kier alpha value is -2.34. The molecule has 0 bridgehead atoms. The fraction of sp³-hybridized carbons (Fsp3) is 0.444. The van der Waals surface area contributed by atoms with E-state index in [2.05, 4.69) is 27.2 Å². The van der Waals surface area contributed by atoms with E-state index in [1.165, 1.54) is 25.9 Å². The Labute approximate surface area is 141 Å². The molecule has 24 heavy (non-hydrogen) atoms. The summed E-state index contributed by atoms with van der Waals surface area (Å²) in [5, 5.41) is 4.62. The number of nitrogens with one attached hydrogen (secondary N) is 3. The number of H-pyrrole nitrogens is 1. The minimum atomic E-state index is 0.671. The molecule has 6 heteroatoms. The molecule has 3 heterocycles. The maximum atomic E-state index is 5.33. The summed E-state index contributed by atoms with van der Waals surface area (Å²) >= 11 is 0. The van der Waals surface area contributed by atoms with Crippen molar-refractivity contribution in [1.82, 2.24) is 15.0 Å². The van der Waals surface area contributed by atoms with E-state index < -0.39 is 0 Å². The van der Waals surface area contributed by atoms with Crippen molar-refractivity contribution in [1.29, 1.82) is 0 Å². The summed E-state index contributed by atoms with van der Waals surface area (Å²) in [5.41, 5.74) is 2.96. The molecule has 3 aromatic rings. The standard InChI is InChI=1S/C18H23N5O/c1-3-23-8-4-5-12(23)10-19-18-17-16(20-11-21-18)14-9-13(24-2)6-7-15(14)22-17/h6-7,9,11-12,22H,3-5,8,10H2,1-2H3,(H,19,20,21)/p+1/t12-/m1/s1. The Morgan fingerprint density at radius 2 is 2.29 bits per heavy atom. The summed E-state index contributed by atoms with van der Waals surface area (Å²) in [5.74, 6) is 1.72. The number of rotatable bonds is 5. The molecule has 0 spiro atoms. The molecule has 4 rings (SSSR count). The van der Waals surface area contributed by atoms with Gasteiger partial charge in [-0.05, 0) is 25.1 Å². The monoisotopic (exact) mass is 326 g/mol. The maximum absolute atomic E-state index is 5.33. The van der Waals surface area contributed by atoms with Crippen molar-refractivity contribution >= 4 is 27.8 Å². The third-order valence-corrected chi connectivity index (χ3v) is 5.19. The van der Waals surface area contributed by atoms with Crippen LogP contribution in [0.25, 0.3) is 21.9 Å². The van der Waals surface area contributed by atoms with Gasteiger partial charge in [-0.2, -0.15) is 0 Å². The number of hydrogen-bond acceptors (Lipinski definition) is 4. The number of likely N-dealkylation sites (tertiary alicyclic amines) is 1. The fourth-order valence-electron chi connectivity index (χ4n) is 3.85. The van der Waals surface area contributed by atoms with Gasteiger partial charge >= 0.3 is 0 Å². The largest absolute Gasteiger partial charge is 0.497 e. The summed E-state index contributed by atoms with van der Waals surface area (Å²) in [6, 6.07) is 6.67. The van der Waals surface area contributed by atoms with Gasteiger partial charge in [-0.25, -0.2) is 9.97 Å². The molecule has 0 amide bonds. The summed E-state index contributed by atoms with van der Waals surface area (Å²) in [4.78, 5) is 14.1. The molecule has 1 unspecified atom stereocenters. The van der Waals surface area contributed by atoms with Crippen LogP contribution in [0.3, 0.4) is 0 Å². The number of anilines is 1. The van der Waals surface area contributed by atoms with E-state index in [1.54, 1.807) is 18.3 Å². The summed E-state index contributed by atoms with van der Waals surface area (Å²) < 4.78 is 5.33. The van der Waals surface area contributed by atoms with E-state index in [0.717, 1.165) is 40.0 Å². The lowest BCUT2D eigenvalue weighted by Crippen LogP contribution is -3.14. The van der Waals surface area contributed by atoms with Crippen LogP contribution in [0.5, 0.6) is 5.75 Å². The van der Waals surface area contributed by atoms with Gasteiger partial charge in [-0.1, -0.05) is 0 Å². The lowest BCUT2D eigenvalue weighted by molar-refractivity contribution is -0.908. The van der Waals surface area contributed by atoms with Crippen LogP contribution in [0.15, 0.2) is 24.5 Å². The zero-order chi connectivity index (χ0) is 16.5. The molecule has 0 radical (unpaired) electrons. The van der Waals surface area contributed by atoms with Crippen LogP contribution in [0.1, 0.15) is 19.8 Å². The molecule has 0 aliphatic carbocycles. The summed E-state index contributed by atoms with van der Waals surface area (Å²) in [7, 11) is 1.68. The number of benzene rings is 1. The van der Waals surface area contributed by atoms with Gasteiger partial charge in [0.2, 0.25) is 0 Å². The van der Waals surface area contributed by atoms with E-state index in [0.29, 0.717) is 6.04 Å². The van der Waals surface area contributed by atoms with Crippen LogP contribution in [-0.2, 0) is 0 Å². The van der Waals surface area contributed by atoms with Crippen molar-refractivity contribution in [2.24, 2.45) is 0 Å². The molecule has 1 fully saturated rings. The molecule has 126 valence electrons. The minimum absolute atomic E-state index is 0.671. The Morgan fingerprint density at radius 1 is 1.38 bits per heavy atom. The Kier molecular flexibility index (Phi) is 3.98. The van der Waals surface area contributed by atoms with Gasteiger partial charge in [0.1, 0.15) is 29.2 Å². The van der Waals surface area contributed by atoms with Gasteiger partial charge < -0.3 is 19.9 Å². The highest BCUT2D eigenvalue weighted by Gasteiger charge is 2.27. The van der Waals surface area contributed by atoms with Crippen LogP contribution < -0.4 is 15.0 Å². The SMILES string of the molecule is CC[NH+]1CCC[C@@H]1CNc1ncnc2c1[nH]c1ccc(OC)cc12. The quantitative estimate of drug-likeness (QED) is 0.666. The summed E-state index contributed by atoms with van der Waals surface area (Å²) in [6.45, 7) is 5.70. The van der Waals surface area contributed by atoms with Crippen LogP contribution in [0.2, 0.25) is 0 Å². The molecule has 2 aromatic heterocycles. The smallest absolute Gasteiger partial charge is 0.154 e. The Bertz CT molecular complexity index is 859. The lowest BCUT2D eigenvalue weighted by Gasteiger charge is -2.20. The second kappa shape index (κ2) is 6.28. The van der Waals surface area contributed by atoms with Gasteiger partial charge in [0.15, 0.2) is 5.82 Å². The van der Waals surface area contributed by atoms with Gasteiger partial charge in [0, 0.05) is 23.7 Å². The van der Waals surface area contributed by atoms with Crippen molar-refractivity contribution in [2.45, 2.75) is 25.8 Å². The van der Waals surface area contributed by atoms with Crippen LogP contribution in [-0.4, -0.2) is 47.7 Å².